The first kappa shape index (κ1) is 13.2. The van der Waals surface area contributed by atoms with Gasteiger partial charge in [0.05, 0.1) is 23.5 Å². The summed E-state index contributed by atoms with van der Waals surface area (Å²) < 4.78 is 6.06. The van der Waals surface area contributed by atoms with Crippen LogP contribution in [0.1, 0.15) is 5.56 Å². The van der Waals surface area contributed by atoms with Crippen LogP contribution in [0, 0.1) is 0 Å². The van der Waals surface area contributed by atoms with E-state index in [1.54, 1.807) is 13.3 Å². The second-order valence-electron chi connectivity index (χ2n) is 3.66. The van der Waals surface area contributed by atoms with Crippen molar-refractivity contribution in [1.82, 2.24) is 4.98 Å². The fourth-order valence-corrected chi connectivity index (χ4v) is 2.02. The lowest BCUT2D eigenvalue weighted by atomic mass is 10.2. The molecule has 0 spiro atoms. The third kappa shape index (κ3) is 3.15. The van der Waals surface area contributed by atoms with Crippen LogP contribution in [0.2, 0.25) is 5.15 Å². The number of aromatic nitrogens is 1. The van der Waals surface area contributed by atoms with E-state index in [2.05, 4.69) is 26.2 Å². The van der Waals surface area contributed by atoms with Gasteiger partial charge in [0.1, 0.15) is 10.9 Å². The molecule has 0 unspecified atom stereocenters. The van der Waals surface area contributed by atoms with Crippen LogP contribution in [0.15, 0.2) is 41.0 Å². The molecule has 2 aromatic rings. The van der Waals surface area contributed by atoms with E-state index in [4.69, 9.17) is 16.3 Å². The molecule has 0 aliphatic rings. The number of rotatable bonds is 4. The summed E-state index contributed by atoms with van der Waals surface area (Å²) in [5.74, 6) is 0.867. The molecule has 18 heavy (non-hydrogen) atoms. The van der Waals surface area contributed by atoms with Crippen LogP contribution in [0.4, 0.5) is 5.69 Å². The number of hydrogen-bond acceptors (Lipinski definition) is 3. The van der Waals surface area contributed by atoms with Gasteiger partial charge in [-0.3, -0.25) is 0 Å². The first-order chi connectivity index (χ1) is 8.70. The minimum absolute atomic E-state index is 0.456. The number of benzene rings is 1. The van der Waals surface area contributed by atoms with Gasteiger partial charge < -0.3 is 10.1 Å². The Labute approximate surface area is 119 Å². The molecule has 1 aromatic heterocycles. The third-order valence-electron chi connectivity index (χ3n) is 2.47. The van der Waals surface area contributed by atoms with Crippen LogP contribution in [0.25, 0.3) is 0 Å². The molecule has 3 nitrogen and oxygen atoms in total. The Morgan fingerprint density at radius 2 is 2.17 bits per heavy atom. The van der Waals surface area contributed by atoms with Crippen LogP contribution in [-0.2, 0) is 6.54 Å². The fraction of sp³-hybridized carbons (Fsp3) is 0.154. The molecule has 5 heteroatoms. The second kappa shape index (κ2) is 6.07. The lowest BCUT2D eigenvalue weighted by molar-refractivity contribution is 0.410. The standard InChI is InChI=1S/C13H12BrClN2O/c1-18-12-5-3-2-4-9(12)7-16-10-6-11(14)13(15)17-8-10/h2-6,8,16H,7H2,1H3. The molecule has 0 aliphatic carbocycles. The van der Waals surface area contributed by atoms with E-state index >= 15 is 0 Å². The molecule has 0 amide bonds. The molecule has 0 aliphatic heterocycles. The summed E-state index contributed by atoms with van der Waals surface area (Å²) in [6.07, 6.45) is 1.70. The highest BCUT2D eigenvalue weighted by atomic mass is 79.9. The zero-order valence-corrected chi connectivity index (χ0v) is 12.1. The van der Waals surface area contributed by atoms with E-state index in [0.29, 0.717) is 11.7 Å². The van der Waals surface area contributed by atoms with Crippen LogP contribution >= 0.6 is 27.5 Å². The van der Waals surface area contributed by atoms with Gasteiger partial charge in [-0.15, -0.1) is 0 Å². The van der Waals surface area contributed by atoms with Gasteiger partial charge in [0, 0.05) is 12.1 Å². The molecule has 0 saturated carbocycles. The summed E-state index contributed by atoms with van der Waals surface area (Å²) >= 11 is 9.18. The number of hydrogen-bond donors (Lipinski definition) is 1. The van der Waals surface area contributed by atoms with Crippen molar-refractivity contribution in [3.8, 4) is 5.75 Å². The normalized spacial score (nSPS) is 10.2. The van der Waals surface area contributed by atoms with E-state index in [-0.39, 0.29) is 0 Å². The first-order valence-electron chi connectivity index (χ1n) is 5.37. The summed E-state index contributed by atoms with van der Waals surface area (Å²) in [5.41, 5.74) is 1.99. The Balaban J connectivity index is 2.09. The van der Waals surface area contributed by atoms with E-state index < -0.39 is 0 Å². The highest BCUT2D eigenvalue weighted by Crippen LogP contribution is 2.24. The first-order valence-corrected chi connectivity index (χ1v) is 6.54. The Kier molecular flexibility index (Phi) is 4.44. The van der Waals surface area contributed by atoms with Gasteiger partial charge in [-0.05, 0) is 28.1 Å². The fourth-order valence-electron chi connectivity index (χ4n) is 1.56. The minimum atomic E-state index is 0.456. The van der Waals surface area contributed by atoms with Crippen molar-refractivity contribution in [1.29, 1.82) is 0 Å². The summed E-state index contributed by atoms with van der Waals surface area (Å²) in [5, 5.41) is 3.73. The maximum absolute atomic E-state index is 5.84. The van der Waals surface area contributed by atoms with Crippen LogP contribution < -0.4 is 10.1 Å². The van der Waals surface area contributed by atoms with E-state index in [9.17, 15) is 0 Å². The average molecular weight is 328 g/mol. The van der Waals surface area contributed by atoms with Gasteiger partial charge >= 0.3 is 0 Å². The molecule has 1 aromatic carbocycles. The quantitative estimate of drug-likeness (QED) is 0.858. The predicted molar refractivity (Wildman–Crippen MR) is 77.3 cm³/mol. The van der Waals surface area contributed by atoms with Crippen molar-refractivity contribution < 1.29 is 4.74 Å². The molecule has 1 heterocycles. The SMILES string of the molecule is COc1ccccc1CNc1cnc(Cl)c(Br)c1. The van der Waals surface area contributed by atoms with Gasteiger partial charge in [-0.1, -0.05) is 29.8 Å². The van der Waals surface area contributed by atoms with Crippen molar-refractivity contribution >= 4 is 33.2 Å². The molecule has 0 saturated heterocycles. The van der Waals surface area contributed by atoms with Gasteiger partial charge in [0.2, 0.25) is 0 Å². The predicted octanol–water partition coefficient (Wildman–Crippen LogP) is 4.12. The molecule has 0 bridgehead atoms. The highest BCUT2D eigenvalue weighted by molar-refractivity contribution is 9.10. The molecule has 0 fully saturated rings. The van der Waals surface area contributed by atoms with Crippen LogP contribution in [0.5, 0.6) is 5.75 Å². The number of anilines is 1. The van der Waals surface area contributed by atoms with Crippen molar-refractivity contribution in [2.24, 2.45) is 0 Å². The molecular weight excluding hydrogens is 316 g/mol. The number of para-hydroxylation sites is 1. The van der Waals surface area contributed by atoms with E-state index in [0.717, 1.165) is 21.5 Å². The summed E-state index contributed by atoms with van der Waals surface area (Å²) in [7, 11) is 1.67. The third-order valence-corrected chi connectivity index (χ3v) is 3.61. The van der Waals surface area contributed by atoms with Crippen molar-refractivity contribution in [3.63, 3.8) is 0 Å². The summed E-state index contributed by atoms with van der Waals surface area (Å²) in [4.78, 5) is 4.06. The smallest absolute Gasteiger partial charge is 0.143 e. The second-order valence-corrected chi connectivity index (χ2v) is 4.87. The number of ether oxygens (including phenoxy) is 1. The lowest BCUT2D eigenvalue weighted by Gasteiger charge is -2.10. The topological polar surface area (TPSA) is 34.1 Å². The molecule has 1 N–H and O–H groups in total. The Hall–Kier alpha value is -1.26. The zero-order valence-electron chi connectivity index (χ0n) is 9.78. The molecule has 0 radical (unpaired) electrons. The monoisotopic (exact) mass is 326 g/mol. The van der Waals surface area contributed by atoms with Crippen molar-refractivity contribution in [3.05, 3.63) is 51.7 Å². The number of halogens is 2. The lowest BCUT2D eigenvalue weighted by Crippen LogP contribution is -2.02. The molecule has 2 rings (SSSR count). The number of nitrogens with zero attached hydrogens (tertiary/aromatic N) is 1. The Morgan fingerprint density at radius 3 is 2.89 bits per heavy atom. The highest BCUT2D eigenvalue weighted by Gasteiger charge is 2.03. The molecule has 0 atom stereocenters. The molecule has 94 valence electrons. The molecular formula is C13H12BrClN2O. The maximum Gasteiger partial charge on any atom is 0.143 e. The zero-order chi connectivity index (χ0) is 13.0. The summed E-state index contributed by atoms with van der Waals surface area (Å²) in [6, 6.07) is 9.78. The van der Waals surface area contributed by atoms with Gasteiger partial charge in [0.25, 0.3) is 0 Å². The Morgan fingerprint density at radius 1 is 1.39 bits per heavy atom. The number of pyridine rings is 1. The minimum Gasteiger partial charge on any atom is -0.496 e. The number of methoxy groups -OCH3 is 1. The Bertz CT molecular complexity index is 548. The van der Waals surface area contributed by atoms with Crippen LogP contribution in [-0.4, -0.2) is 12.1 Å². The van der Waals surface area contributed by atoms with Gasteiger partial charge in [-0.2, -0.15) is 0 Å². The largest absolute Gasteiger partial charge is 0.496 e. The van der Waals surface area contributed by atoms with E-state index in [1.807, 2.05) is 30.3 Å². The van der Waals surface area contributed by atoms with Crippen LogP contribution in [0.3, 0.4) is 0 Å². The van der Waals surface area contributed by atoms with Gasteiger partial charge in [-0.25, -0.2) is 4.98 Å². The maximum atomic E-state index is 5.84. The summed E-state index contributed by atoms with van der Waals surface area (Å²) in [6.45, 7) is 0.666. The van der Waals surface area contributed by atoms with E-state index in [1.165, 1.54) is 0 Å². The number of nitrogens with one attached hydrogen (secondary N) is 1. The van der Waals surface area contributed by atoms with Gasteiger partial charge in [0.15, 0.2) is 0 Å². The van der Waals surface area contributed by atoms with Crippen molar-refractivity contribution in [2.45, 2.75) is 6.54 Å². The van der Waals surface area contributed by atoms with Crippen molar-refractivity contribution in [2.75, 3.05) is 12.4 Å². The average Bonchev–Trinajstić information content (AvgIpc) is 2.40.